The summed E-state index contributed by atoms with van der Waals surface area (Å²) >= 11 is 0. The van der Waals surface area contributed by atoms with Crippen LogP contribution >= 0.6 is 0 Å². The Morgan fingerprint density at radius 2 is 1.89 bits per heavy atom. The fraction of sp³-hybridized carbons (Fsp3) is 0.286. The van der Waals surface area contributed by atoms with E-state index in [1.54, 1.807) is 0 Å². The number of pyridine rings is 1. The van der Waals surface area contributed by atoms with Gasteiger partial charge in [-0.1, -0.05) is 0 Å². The van der Waals surface area contributed by atoms with Gasteiger partial charge in [0.25, 0.3) is 16.0 Å². The van der Waals surface area contributed by atoms with Gasteiger partial charge in [0, 0.05) is 6.07 Å². The monoisotopic (exact) mass is 290 g/mol. The van der Waals surface area contributed by atoms with Crippen molar-refractivity contribution in [2.24, 2.45) is 5.14 Å². The third-order valence-corrected chi connectivity index (χ3v) is 2.42. The van der Waals surface area contributed by atoms with Crippen LogP contribution in [0, 0.1) is 5.95 Å². The van der Waals surface area contributed by atoms with Crippen LogP contribution in [0.25, 0.3) is 0 Å². The average molecular weight is 290 g/mol. The van der Waals surface area contributed by atoms with Gasteiger partial charge in [-0.05, 0) is 0 Å². The van der Waals surface area contributed by atoms with Gasteiger partial charge in [0.15, 0.2) is 11.5 Å². The Balaban J connectivity index is 3.45. The molecule has 0 aliphatic rings. The van der Waals surface area contributed by atoms with Crippen LogP contribution < -0.4 is 14.6 Å². The molecule has 1 rings (SSSR count). The first kappa shape index (κ1) is 14.4. The lowest BCUT2D eigenvalue weighted by Crippen LogP contribution is -2.22. The molecule has 0 saturated heterocycles. The fourth-order valence-electron chi connectivity index (χ4n) is 0.984. The number of sulfonamides is 1. The predicted molar refractivity (Wildman–Crippen MR) is 48.8 cm³/mol. The molecule has 0 aliphatic heterocycles. The largest absolute Gasteiger partial charge is 0.573 e. The van der Waals surface area contributed by atoms with Crippen LogP contribution in [-0.4, -0.2) is 26.9 Å². The number of nitrogens with zero attached hydrogens (tertiary/aromatic N) is 1. The zero-order valence-corrected chi connectivity index (χ0v) is 9.47. The Morgan fingerprint density at radius 3 is 2.28 bits per heavy atom. The Bertz CT molecular complexity index is 557. The van der Waals surface area contributed by atoms with E-state index in [1.165, 1.54) is 0 Å². The molecule has 1 heterocycles. The van der Waals surface area contributed by atoms with Crippen molar-refractivity contribution in [3.05, 3.63) is 12.0 Å². The van der Waals surface area contributed by atoms with E-state index in [4.69, 9.17) is 0 Å². The van der Waals surface area contributed by atoms with Gasteiger partial charge >= 0.3 is 6.36 Å². The van der Waals surface area contributed by atoms with Crippen LogP contribution in [0.15, 0.2) is 11.1 Å². The summed E-state index contributed by atoms with van der Waals surface area (Å²) in [5.74, 6) is -3.43. The van der Waals surface area contributed by atoms with Gasteiger partial charge in [0.05, 0.1) is 7.11 Å². The molecule has 0 spiro atoms. The Labute approximate surface area is 98.4 Å². The summed E-state index contributed by atoms with van der Waals surface area (Å²) in [5.41, 5.74) is 0. The topological polar surface area (TPSA) is 91.5 Å². The van der Waals surface area contributed by atoms with E-state index in [-0.39, 0.29) is 0 Å². The molecule has 18 heavy (non-hydrogen) atoms. The summed E-state index contributed by atoms with van der Waals surface area (Å²) in [6.07, 6.45) is -5.19. The highest BCUT2D eigenvalue weighted by Gasteiger charge is 2.35. The van der Waals surface area contributed by atoms with E-state index in [2.05, 4.69) is 19.6 Å². The number of nitrogens with two attached hydrogens (primary N) is 1. The zero-order valence-electron chi connectivity index (χ0n) is 8.66. The van der Waals surface area contributed by atoms with E-state index in [0.717, 1.165) is 7.11 Å². The molecule has 2 N–H and O–H groups in total. The van der Waals surface area contributed by atoms with Crippen LogP contribution in [0.1, 0.15) is 0 Å². The van der Waals surface area contributed by atoms with E-state index in [1.807, 2.05) is 0 Å². The summed E-state index contributed by atoms with van der Waals surface area (Å²) in [6.45, 7) is 0. The SMILES string of the molecule is COc1cc(OC(F)(F)F)c(S(N)(=O)=O)nc1F. The first-order valence-electron chi connectivity index (χ1n) is 4.07. The van der Waals surface area contributed by atoms with E-state index in [0.29, 0.717) is 6.07 Å². The minimum atomic E-state index is -5.19. The molecule has 0 fully saturated rings. The lowest BCUT2D eigenvalue weighted by Gasteiger charge is -2.12. The summed E-state index contributed by atoms with van der Waals surface area (Å²) in [7, 11) is -3.73. The molecule has 11 heteroatoms. The Morgan fingerprint density at radius 1 is 1.33 bits per heavy atom. The van der Waals surface area contributed by atoms with Gasteiger partial charge in [-0.3, -0.25) is 0 Å². The summed E-state index contributed by atoms with van der Waals surface area (Å²) in [5, 5.41) is 3.22. The van der Waals surface area contributed by atoms with E-state index < -0.39 is 38.9 Å². The van der Waals surface area contributed by atoms with Gasteiger partial charge in [-0.25, -0.2) is 13.6 Å². The number of ether oxygens (including phenoxy) is 2. The number of rotatable bonds is 3. The number of alkyl halides is 3. The second-order valence-corrected chi connectivity index (χ2v) is 4.35. The third kappa shape index (κ3) is 3.43. The molecule has 0 aliphatic carbocycles. The molecule has 0 atom stereocenters. The Hall–Kier alpha value is -1.62. The lowest BCUT2D eigenvalue weighted by atomic mass is 10.4. The van der Waals surface area contributed by atoms with Gasteiger partial charge in [-0.2, -0.15) is 9.37 Å². The number of methoxy groups -OCH3 is 1. The van der Waals surface area contributed by atoms with Crippen molar-refractivity contribution in [1.82, 2.24) is 4.98 Å². The minimum absolute atomic E-state index is 0.384. The standard InChI is InChI=1S/C7H6F4N2O4S/c1-16-3-2-4(17-7(9,10)11)6(13-5(3)8)18(12,14)15/h2H,1H3,(H2,12,14,15). The molecule has 0 aromatic carbocycles. The smallest absolute Gasteiger partial charge is 0.492 e. The maximum absolute atomic E-state index is 13.1. The van der Waals surface area contributed by atoms with Gasteiger partial charge in [0.1, 0.15) is 0 Å². The first-order chi connectivity index (χ1) is 8.04. The summed E-state index contributed by atoms with van der Waals surface area (Å²) in [6, 6.07) is 0.384. The first-order valence-corrected chi connectivity index (χ1v) is 5.62. The van der Waals surface area contributed by atoms with Crippen LogP contribution in [0.3, 0.4) is 0 Å². The highest BCUT2D eigenvalue weighted by molar-refractivity contribution is 7.89. The van der Waals surface area contributed by atoms with E-state index >= 15 is 0 Å². The van der Waals surface area contributed by atoms with E-state index in [9.17, 15) is 26.0 Å². The van der Waals surface area contributed by atoms with Crippen molar-refractivity contribution in [3.8, 4) is 11.5 Å². The second-order valence-electron chi connectivity index (χ2n) is 2.88. The molecule has 0 bridgehead atoms. The van der Waals surface area contributed by atoms with Crippen molar-refractivity contribution in [2.45, 2.75) is 11.4 Å². The van der Waals surface area contributed by atoms with Crippen LogP contribution in [0.5, 0.6) is 11.5 Å². The molecule has 102 valence electrons. The molecule has 0 saturated carbocycles. The van der Waals surface area contributed by atoms with Crippen molar-refractivity contribution < 1.29 is 35.5 Å². The highest BCUT2D eigenvalue weighted by atomic mass is 32.2. The highest BCUT2D eigenvalue weighted by Crippen LogP contribution is 2.32. The third-order valence-electron chi connectivity index (χ3n) is 1.59. The quantitative estimate of drug-likeness (QED) is 0.656. The molecule has 1 aromatic heterocycles. The van der Waals surface area contributed by atoms with Crippen LogP contribution in [0.4, 0.5) is 17.6 Å². The van der Waals surface area contributed by atoms with Crippen molar-refractivity contribution in [2.75, 3.05) is 7.11 Å². The molecule has 0 unspecified atom stereocenters. The second kappa shape index (κ2) is 4.57. The lowest BCUT2D eigenvalue weighted by molar-refractivity contribution is -0.275. The molecule has 1 aromatic rings. The minimum Gasteiger partial charge on any atom is -0.492 e. The summed E-state index contributed by atoms with van der Waals surface area (Å²) in [4.78, 5) is 2.77. The van der Waals surface area contributed by atoms with Crippen LogP contribution in [0.2, 0.25) is 0 Å². The molecular formula is C7H6F4N2O4S. The number of hydrogen-bond acceptors (Lipinski definition) is 5. The molecule has 0 amide bonds. The maximum Gasteiger partial charge on any atom is 0.573 e. The molecular weight excluding hydrogens is 284 g/mol. The average Bonchev–Trinajstić information content (AvgIpc) is 2.16. The summed E-state index contributed by atoms with van der Waals surface area (Å²) < 4.78 is 78.8. The Kier molecular flexibility index (Phi) is 3.67. The molecule has 0 radical (unpaired) electrons. The zero-order chi connectivity index (χ0) is 14.1. The number of halogens is 4. The van der Waals surface area contributed by atoms with Crippen molar-refractivity contribution in [3.63, 3.8) is 0 Å². The number of primary sulfonamides is 1. The fourth-order valence-corrected chi connectivity index (χ4v) is 1.57. The normalized spacial score (nSPS) is 12.3. The molecule has 6 nitrogen and oxygen atoms in total. The number of hydrogen-bond donors (Lipinski definition) is 1. The van der Waals surface area contributed by atoms with Crippen molar-refractivity contribution >= 4 is 10.0 Å². The number of aromatic nitrogens is 1. The predicted octanol–water partition coefficient (Wildman–Crippen LogP) is 0.775. The van der Waals surface area contributed by atoms with Gasteiger partial charge in [0.2, 0.25) is 5.03 Å². The van der Waals surface area contributed by atoms with Crippen LogP contribution in [-0.2, 0) is 10.0 Å². The van der Waals surface area contributed by atoms with Gasteiger partial charge in [-0.15, -0.1) is 13.2 Å². The van der Waals surface area contributed by atoms with Gasteiger partial charge < -0.3 is 9.47 Å². The maximum atomic E-state index is 13.1. The van der Waals surface area contributed by atoms with Crippen molar-refractivity contribution in [1.29, 1.82) is 0 Å².